The van der Waals surface area contributed by atoms with E-state index in [9.17, 15) is 9.59 Å². The molecule has 4 nitrogen and oxygen atoms in total. The molecule has 1 aromatic carbocycles. The number of nitrogens with zero attached hydrogens (tertiary/aromatic N) is 1. The fourth-order valence-electron chi connectivity index (χ4n) is 2.30. The van der Waals surface area contributed by atoms with Crippen LogP contribution in [0.1, 0.15) is 45.6 Å². The van der Waals surface area contributed by atoms with E-state index in [0.717, 1.165) is 6.42 Å². The van der Waals surface area contributed by atoms with Crippen molar-refractivity contribution in [1.29, 1.82) is 0 Å². The quantitative estimate of drug-likeness (QED) is 0.801. The molecule has 0 radical (unpaired) electrons. The molecular weight excluding hydrogens is 266 g/mol. The van der Waals surface area contributed by atoms with Gasteiger partial charge in [-0.2, -0.15) is 0 Å². The Morgan fingerprint density at radius 2 is 1.76 bits per heavy atom. The van der Waals surface area contributed by atoms with Crippen LogP contribution in [0.5, 0.6) is 0 Å². The van der Waals surface area contributed by atoms with Gasteiger partial charge in [-0.05, 0) is 24.3 Å². The third-order valence-electron chi connectivity index (χ3n) is 3.85. The molecule has 116 valence electrons. The largest absolute Gasteiger partial charge is 0.481 e. The van der Waals surface area contributed by atoms with E-state index in [1.165, 1.54) is 5.56 Å². The molecule has 0 aromatic heterocycles. The first kappa shape index (κ1) is 17.2. The summed E-state index contributed by atoms with van der Waals surface area (Å²) in [6, 6.07) is 10.1. The Hall–Kier alpha value is -1.84. The SMILES string of the molecule is CCN(CCC(=O)O)C(=O)CCC(C)(C)c1ccccc1. The van der Waals surface area contributed by atoms with Gasteiger partial charge in [-0.1, -0.05) is 44.2 Å². The lowest BCUT2D eigenvalue weighted by Crippen LogP contribution is -2.33. The minimum absolute atomic E-state index is 0.00164. The van der Waals surface area contributed by atoms with Gasteiger partial charge in [0, 0.05) is 19.5 Å². The predicted octanol–water partition coefficient (Wildman–Crippen LogP) is 3.07. The Morgan fingerprint density at radius 3 is 2.29 bits per heavy atom. The van der Waals surface area contributed by atoms with E-state index < -0.39 is 5.97 Å². The van der Waals surface area contributed by atoms with Crippen LogP contribution in [0, 0.1) is 0 Å². The van der Waals surface area contributed by atoms with E-state index in [-0.39, 0.29) is 24.3 Å². The average Bonchev–Trinajstić information content (AvgIpc) is 2.46. The first-order valence-corrected chi connectivity index (χ1v) is 7.42. The molecule has 1 amide bonds. The maximum absolute atomic E-state index is 12.2. The molecule has 0 saturated heterocycles. The summed E-state index contributed by atoms with van der Waals surface area (Å²) in [5, 5.41) is 8.71. The van der Waals surface area contributed by atoms with E-state index in [1.54, 1.807) is 4.90 Å². The molecule has 21 heavy (non-hydrogen) atoms. The summed E-state index contributed by atoms with van der Waals surface area (Å²) in [7, 11) is 0. The van der Waals surface area contributed by atoms with Gasteiger partial charge in [0.2, 0.25) is 5.91 Å². The second-order valence-corrected chi connectivity index (χ2v) is 5.87. The van der Waals surface area contributed by atoms with Gasteiger partial charge in [-0.3, -0.25) is 9.59 Å². The van der Waals surface area contributed by atoms with Gasteiger partial charge in [-0.15, -0.1) is 0 Å². The summed E-state index contributed by atoms with van der Waals surface area (Å²) in [6.45, 7) is 6.97. The lowest BCUT2D eigenvalue weighted by Gasteiger charge is -2.27. The molecule has 0 unspecified atom stereocenters. The van der Waals surface area contributed by atoms with Gasteiger partial charge >= 0.3 is 5.97 Å². The van der Waals surface area contributed by atoms with Gasteiger partial charge < -0.3 is 10.0 Å². The highest BCUT2D eigenvalue weighted by atomic mass is 16.4. The molecule has 0 atom stereocenters. The van der Waals surface area contributed by atoms with Crippen LogP contribution in [0.2, 0.25) is 0 Å². The van der Waals surface area contributed by atoms with E-state index in [0.29, 0.717) is 13.0 Å². The van der Waals surface area contributed by atoms with Crippen molar-refractivity contribution in [3.8, 4) is 0 Å². The highest BCUT2D eigenvalue weighted by molar-refractivity contribution is 5.77. The van der Waals surface area contributed by atoms with Gasteiger partial charge in [0.1, 0.15) is 0 Å². The summed E-state index contributed by atoms with van der Waals surface area (Å²) >= 11 is 0. The van der Waals surface area contributed by atoms with Crippen LogP contribution in [-0.2, 0) is 15.0 Å². The number of carboxylic acid groups (broad SMARTS) is 1. The minimum Gasteiger partial charge on any atom is -0.481 e. The number of hydrogen-bond donors (Lipinski definition) is 1. The first-order valence-electron chi connectivity index (χ1n) is 7.42. The fraction of sp³-hybridized carbons (Fsp3) is 0.529. The van der Waals surface area contributed by atoms with E-state index >= 15 is 0 Å². The highest BCUT2D eigenvalue weighted by Gasteiger charge is 2.23. The highest BCUT2D eigenvalue weighted by Crippen LogP contribution is 2.28. The van der Waals surface area contributed by atoms with Gasteiger partial charge in [-0.25, -0.2) is 0 Å². The normalized spacial score (nSPS) is 11.2. The van der Waals surface area contributed by atoms with Crippen LogP contribution in [0.3, 0.4) is 0 Å². The topological polar surface area (TPSA) is 57.6 Å². The molecule has 4 heteroatoms. The smallest absolute Gasteiger partial charge is 0.305 e. The van der Waals surface area contributed by atoms with Crippen molar-refractivity contribution in [2.24, 2.45) is 0 Å². The summed E-state index contributed by atoms with van der Waals surface area (Å²) in [6.07, 6.45) is 1.19. The van der Waals surface area contributed by atoms with Crippen molar-refractivity contribution in [1.82, 2.24) is 4.90 Å². The number of rotatable bonds is 8. The van der Waals surface area contributed by atoms with E-state index in [4.69, 9.17) is 5.11 Å². The molecular formula is C17H25NO3. The number of carbonyl (C=O) groups is 2. The fourth-order valence-corrected chi connectivity index (χ4v) is 2.30. The Bertz CT molecular complexity index is 468. The Balaban J connectivity index is 2.56. The number of carbonyl (C=O) groups excluding carboxylic acids is 1. The zero-order valence-electron chi connectivity index (χ0n) is 13.1. The summed E-state index contributed by atoms with van der Waals surface area (Å²) in [5.74, 6) is -0.839. The first-order chi connectivity index (χ1) is 9.86. The van der Waals surface area contributed by atoms with E-state index in [2.05, 4.69) is 26.0 Å². The third kappa shape index (κ3) is 5.58. The molecule has 0 aliphatic heterocycles. The van der Waals surface area contributed by atoms with Crippen molar-refractivity contribution in [2.75, 3.05) is 13.1 Å². The van der Waals surface area contributed by atoms with Crippen LogP contribution >= 0.6 is 0 Å². The molecule has 0 aliphatic carbocycles. The zero-order valence-corrected chi connectivity index (χ0v) is 13.1. The molecule has 0 aliphatic rings. The zero-order chi connectivity index (χ0) is 15.9. The Labute approximate surface area is 126 Å². The average molecular weight is 291 g/mol. The Kier molecular flexibility index (Phi) is 6.40. The second kappa shape index (κ2) is 7.81. The maximum atomic E-state index is 12.2. The van der Waals surface area contributed by atoms with Crippen molar-refractivity contribution < 1.29 is 14.7 Å². The van der Waals surface area contributed by atoms with Crippen LogP contribution in [0.4, 0.5) is 0 Å². The molecule has 1 rings (SSSR count). The van der Waals surface area contributed by atoms with Crippen LogP contribution in [0.25, 0.3) is 0 Å². The van der Waals surface area contributed by atoms with Crippen molar-refractivity contribution in [3.05, 3.63) is 35.9 Å². The standard InChI is InChI=1S/C17H25NO3/c1-4-18(13-11-16(20)21)15(19)10-12-17(2,3)14-8-6-5-7-9-14/h5-9H,4,10-13H2,1-3H3,(H,20,21). The predicted molar refractivity (Wildman–Crippen MR) is 83.2 cm³/mol. The van der Waals surface area contributed by atoms with Crippen molar-refractivity contribution in [2.45, 2.75) is 45.4 Å². The van der Waals surface area contributed by atoms with Gasteiger partial charge in [0.15, 0.2) is 0 Å². The van der Waals surface area contributed by atoms with Crippen LogP contribution < -0.4 is 0 Å². The molecule has 0 bridgehead atoms. The molecule has 0 heterocycles. The summed E-state index contributed by atoms with van der Waals surface area (Å²) in [4.78, 5) is 24.4. The minimum atomic E-state index is -0.870. The second-order valence-electron chi connectivity index (χ2n) is 5.87. The monoisotopic (exact) mass is 291 g/mol. The Morgan fingerprint density at radius 1 is 1.14 bits per heavy atom. The number of carboxylic acids is 1. The molecule has 1 aromatic rings. The maximum Gasteiger partial charge on any atom is 0.305 e. The number of aliphatic carboxylic acids is 1. The summed E-state index contributed by atoms with van der Waals surface area (Å²) in [5.41, 5.74) is 1.15. The number of amides is 1. The van der Waals surface area contributed by atoms with Crippen LogP contribution in [0.15, 0.2) is 30.3 Å². The number of benzene rings is 1. The van der Waals surface area contributed by atoms with Crippen LogP contribution in [-0.4, -0.2) is 35.0 Å². The van der Waals surface area contributed by atoms with Crippen molar-refractivity contribution in [3.63, 3.8) is 0 Å². The lowest BCUT2D eigenvalue weighted by molar-refractivity contribution is -0.138. The summed E-state index contributed by atoms with van der Waals surface area (Å²) < 4.78 is 0. The third-order valence-corrected chi connectivity index (χ3v) is 3.85. The number of hydrogen-bond acceptors (Lipinski definition) is 2. The van der Waals surface area contributed by atoms with E-state index in [1.807, 2.05) is 25.1 Å². The lowest BCUT2D eigenvalue weighted by atomic mass is 9.80. The molecule has 0 spiro atoms. The van der Waals surface area contributed by atoms with Gasteiger partial charge in [0.05, 0.1) is 6.42 Å². The molecule has 0 saturated carbocycles. The molecule has 1 N–H and O–H groups in total. The van der Waals surface area contributed by atoms with Gasteiger partial charge in [0.25, 0.3) is 0 Å². The molecule has 0 fully saturated rings. The van der Waals surface area contributed by atoms with Crippen molar-refractivity contribution >= 4 is 11.9 Å².